The number of rotatable bonds is 4. The van der Waals surface area contributed by atoms with Gasteiger partial charge in [-0.2, -0.15) is 9.61 Å². The van der Waals surface area contributed by atoms with E-state index in [-0.39, 0.29) is 17.7 Å². The quantitative estimate of drug-likeness (QED) is 0.645. The number of anilines is 1. The number of aromatic nitrogens is 3. The van der Waals surface area contributed by atoms with Crippen LogP contribution in [0.15, 0.2) is 36.4 Å². The molecule has 0 spiro atoms. The Hall–Kier alpha value is -2.96. The van der Waals surface area contributed by atoms with E-state index in [1.54, 1.807) is 16.6 Å². The predicted molar refractivity (Wildman–Crippen MR) is 105 cm³/mol. The van der Waals surface area contributed by atoms with E-state index in [0.717, 1.165) is 47.8 Å². The molecule has 2 aromatic heterocycles. The number of fused-ring (bicyclic) bond motifs is 1. The first-order chi connectivity index (χ1) is 13.5. The molecule has 7 heteroatoms. The van der Waals surface area contributed by atoms with Crippen LogP contribution < -0.4 is 4.90 Å². The third-order valence-corrected chi connectivity index (χ3v) is 5.04. The molecule has 3 aromatic rings. The summed E-state index contributed by atoms with van der Waals surface area (Å²) < 4.78 is 20.3. The van der Waals surface area contributed by atoms with Crippen LogP contribution in [0.2, 0.25) is 0 Å². The summed E-state index contributed by atoms with van der Waals surface area (Å²) in [6.45, 7) is 5.62. The molecule has 1 aromatic carbocycles. The number of carbonyl (C=O) groups is 1. The van der Waals surface area contributed by atoms with E-state index >= 15 is 0 Å². The maximum absolute atomic E-state index is 13.2. The SMILES string of the molecule is CCOC(=O)[C@H]1CCCN(c2cc(C)nc3cc(-c4ccc(F)cc4)nn23)C1. The molecule has 3 heterocycles. The van der Waals surface area contributed by atoms with Crippen molar-refractivity contribution in [3.63, 3.8) is 0 Å². The van der Waals surface area contributed by atoms with Crippen LogP contribution >= 0.6 is 0 Å². The van der Waals surface area contributed by atoms with Crippen LogP contribution in [-0.4, -0.2) is 40.3 Å². The number of benzene rings is 1. The molecule has 146 valence electrons. The molecular formula is C21H23FN4O2. The molecule has 0 N–H and O–H groups in total. The molecule has 6 nitrogen and oxygen atoms in total. The van der Waals surface area contributed by atoms with E-state index in [9.17, 15) is 9.18 Å². The lowest BCUT2D eigenvalue weighted by Crippen LogP contribution is -2.40. The first-order valence-corrected chi connectivity index (χ1v) is 9.60. The number of nitrogens with zero attached hydrogens (tertiary/aromatic N) is 4. The van der Waals surface area contributed by atoms with Crippen molar-refractivity contribution in [2.75, 3.05) is 24.6 Å². The number of hydrogen-bond acceptors (Lipinski definition) is 5. The van der Waals surface area contributed by atoms with E-state index in [2.05, 4.69) is 9.88 Å². The minimum absolute atomic E-state index is 0.135. The van der Waals surface area contributed by atoms with Gasteiger partial charge in [-0.1, -0.05) is 0 Å². The van der Waals surface area contributed by atoms with Gasteiger partial charge in [0.05, 0.1) is 18.2 Å². The Kier molecular flexibility index (Phi) is 4.98. The topological polar surface area (TPSA) is 59.7 Å². The Labute approximate surface area is 162 Å². The van der Waals surface area contributed by atoms with Crippen molar-refractivity contribution in [1.82, 2.24) is 14.6 Å². The number of aryl methyl sites for hydroxylation is 1. The molecule has 1 saturated heterocycles. The van der Waals surface area contributed by atoms with Gasteiger partial charge in [-0.15, -0.1) is 0 Å². The van der Waals surface area contributed by atoms with Crippen molar-refractivity contribution in [3.05, 3.63) is 47.9 Å². The van der Waals surface area contributed by atoms with Gasteiger partial charge in [0.25, 0.3) is 0 Å². The highest BCUT2D eigenvalue weighted by Gasteiger charge is 2.28. The van der Waals surface area contributed by atoms with Crippen LogP contribution in [-0.2, 0) is 9.53 Å². The number of esters is 1. The smallest absolute Gasteiger partial charge is 0.310 e. The lowest BCUT2D eigenvalue weighted by Gasteiger charge is -2.33. The van der Waals surface area contributed by atoms with E-state index < -0.39 is 0 Å². The Morgan fingerprint density at radius 1 is 1.29 bits per heavy atom. The molecule has 1 atom stereocenters. The van der Waals surface area contributed by atoms with Gasteiger partial charge < -0.3 is 9.64 Å². The summed E-state index contributed by atoms with van der Waals surface area (Å²) >= 11 is 0. The van der Waals surface area contributed by atoms with Gasteiger partial charge in [0.2, 0.25) is 0 Å². The van der Waals surface area contributed by atoms with E-state index in [0.29, 0.717) is 13.2 Å². The Balaban J connectivity index is 1.70. The second kappa shape index (κ2) is 7.58. The van der Waals surface area contributed by atoms with Gasteiger partial charge in [-0.05, 0) is 51.0 Å². The maximum atomic E-state index is 13.2. The highest BCUT2D eigenvalue weighted by molar-refractivity contribution is 5.74. The fourth-order valence-electron chi connectivity index (χ4n) is 3.71. The minimum atomic E-state index is -0.277. The molecule has 0 unspecified atom stereocenters. The van der Waals surface area contributed by atoms with Crippen LogP contribution in [0.5, 0.6) is 0 Å². The minimum Gasteiger partial charge on any atom is -0.466 e. The van der Waals surface area contributed by atoms with E-state index in [4.69, 9.17) is 9.84 Å². The molecule has 1 aliphatic heterocycles. The average Bonchev–Trinajstić information content (AvgIpc) is 3.12. The molecule has 0 radical (unpaired) electrons. The summed E-state index contributed by atoms with van der Waals surface area (Å²) in [7, 11) is 0. The molecule has 0 bridgehead atoms. The summed E-state index contributed by atoms with van der Waals surface area (Å²) in [5.74, 6) is 0.358. The second-order valence-corrected chi connectivity index (χ2v) is 7.10. The summed E-state index contributed by atoms with van der Waals surface area (Å²) in [6, 6.07) is 10.2. The first-order valence-electron chi connectivity index (χ1n) is 9.60. The largest absolute Gasteiger partial charge is 0.466 e. The fourth-order valence-corrected chi connectivity index (χ4v) is 3.71. The third-order valence-electron chi connectivity index (χ3n) is 5.04. The zero-order chi connectivity index (χ0) is 19.7. The average molecular weight is 382 g/mol. The monoisotopic (exact) mass is 382 g/mol. The molecule has 1 aliphatic rings. The van der Waals surface area contributed by atoms with Gasteiger partial charge in [-0.3, -0.25) is 4.79 Å². The van der Waals surface area contributed by atoms with Crippen molar-refractivity contribution in [3.8, 4) is 11.3 Å². The Bertz CT molecular complexity index is 1000. The molecule has 0 saturated carbocycles. The molecule has 4 rings (SSSR count). The van der Waals surface area contributed by atoms with Crippen LogP contribution in [0.25, 0.3) is 16.9 Å². The van der Waals surface area contributed by atoms with Crippen LogP contribution in [0.1, 0.15) is 25.5 Å². The normalized spacial score (nSPS) is 17.1. The lowest BCUT2D eigenvalue weighted by molar-refractivity contribution is -0.148. The van der Waals surface area contributed by atoms with Gasteiger partial charge >= 0.3 is 5.97 Å². The third kappa shape index (κ3) is 3.56. The number of ether oxygens (including phenoxy) is 1. The van der Waals surface area contributed by atoms with Gasteiger partial charge in [0.15, 0.2) is 5.65 Å². The lowest BCUT2D eigenvalue weighted by atomic mass is 9.98. The number of halogens is 1. The Morgan fingerprint density at radius 2 is 2.07 bits per heavy atom. The second-order valence-electron chi connectivity index (χ2n) is 7.10. The number of hydrogen-bond donors (Lipinski definition) is 0. The zero-order valence-electron chi connectivity index (χ0n) is 16.1. The fraction of sp³-hybridized carbons (Fsp3) is 0.381. The van der Waals surface area contributed by atoms with Crippen molar-refractivity contribution in [2.24, 2.45) is 5.92 Å². The van der Waals surface area contributed by atoms with Gasteiger partial charge in [-0.25, -0.2) is 9.37 Å². The van der Waals surface area contributed by atoms with Crippen molar-refractivity contribution in [1.29, 1.82) is 0 Å². The van der Waals surface area contributed by atoms with E-state index in [1.807, 2.05) is 26.0 Å². The highest BCUT2D eigenvalue weighted by atomic mass is 19.1. The first kappa shape index (κ1) is 18.4. The summed E-state index contributed by atoms with van der Waals surface area (Å²) in [4.78, 5) is 19.0. The zero-order valence-corrected chi connectivity index (χ0v) is 16.1. The van der Waals surface area contributed by atoms with Crippen molar-refractivity contribution in [2.45, 2.75) is 26.7 Å². The predicted octanol–water partition coefficient (Wildman–Crippen LogP) is 3.62. The number of carbonyl (C=O) groups excluding carboxylic acids is 1. The van der Waals surface area contributed by atoms with Gasteiger partial charge in [0.1, 0.15) is 11.6 Å². The molecule has 0 aliphatic carbocycles. The molecular weight excluding hydrogens is 359 g/mol. The Morgan fingerprint density at radius 3 is 2.82 bits per heavy atom. The van der Waals surface area contributed by atoms with E-state index in [1.165, 1.54) is 12.1 Å². The summed E-state index contributed by atoms with van der Waals surface area (Å²) in [5, 5.41) is 4.71. The highest BCUT2D eigenvalue weighted by Crippen LogP contribution is 2.27. The molecule has 28 heavy (non-hydrogen) atoms. The van der Waals surface area contributed by atoms with Crippen LogP contribution in [0.4, 0.5) is 10.2 Å². The maximum Gasteiger partial charge on any atom is 0.310 e. The molecule has 1 fully saturated rings. The number of piperidine rings is 1. The standard InChI is InChI=1S/C21H23FN4O2/c1-3-28-21(27)16-5-4-10-25(13-16)20-11-14(2)23-19-12-18(24-26(19)20)15-6-8-17(22)9-7-15/h6-9,11-12,16H,3-5,10,13H2,1-2H3/t16-/m0/s1. The van der Waals surface area contributed by atoms with Crippen LogP contribution in [0, 0.1) is 18.7 Å². The molecule has 0 amide bonds. The summed E-state index contributed by atoms with van der Waals surface area (Å²) in [5.41, 5.74) is 3.18. The summed E-state index contributed by atoms with van der Waals surface area (Å²) in [6.07, 6.45) is 1.75. The van der Waals surface area contributed by atoms with Crippen molar-refractivity contribution < 1.29 is 13.9 Å². The van der Waals surface area contributed by atoms with Crippen LogP contribution in [0.3, 0.4) is 0 Å². The van der Waals surface area contributed by atoms with Crippen molar-refractivity contribution >= 4 is 17.4 Å². The van der Waals surface area contributed by atoms with Gasteiger partial charge in [0, 0.05) is 36.5 Å².